The summed E-state index contributed by atoms with van der Waals surface area (Å²) in [7, 11) is 0. The topological polar surface area (TPSA) is 59.0 Å². The van der Waals surface area contributed by atoms with Crippen molar-refractivity contribution in [2.45, 2.75) is 31.8 Å². The molecule has 0 atom stereocenters. The van der Waals surface area contributed by atoms with Crippen molar-refractivity contribution >= 4 is 5.91 Å². The minimum absolute atomic E-state index is 0.0176. The average Bonchev–Trinajstić information content (AvgIpc) is 3.03. The van der Waals surface area contributed by atoms with Crippen LogP contribution in [0.1, 0.15) is 29.2 Å². The number of carbonyl (C=O) groups excluding carboxylic acids is 1. The number of hydrogen-bond acceptors (Lipinski definition) is 3. The standard InChI is InChI=1S/C11H16N4O/c16-11(13-8-1-2-8)9-7-15-6-5-12-4-3-10(15)14-9/h7-8,12H,1-6H2,(H,13,16). The summed E-state index contributed by atoms with van der Waals surface area (Å²) in [5.41, 5.74) is 0.573. The van der Waals surface area contributed by atoms with Crippen molar-refractivity contribution in [2.24, 2.45) is 0 Å². The lowest BCUT2D eigenvalue weighted by Crippen LogP contribution is -2.26. The summed E-state index contributed by atoms with van der Waals surface area (Å²) in [6.45, 7) is 2.80. The number of hydrogen-bond donors (Lipinski definition) is 2. The van der Waals surface area contributed by atoms with Crippen LogP contribution in [-0.2, 0) is 13.0 Å². The van der Waals surface area contributed by atoms with E-state index in [1.165, 1.54) is 0 Å². The molecule has 5 nitrogen and oxygen atoms in total. The molecular weight excluding hydrogens is 204 g/mol. The second-order valence-electron chi connectivity index (χ2n) is 4.48. The van der Waals surface area contributed by atoms with E-state index in [2.05, 4.69) is 20.2 Å². The van der Waals surface area contributed by atoms with Crippen molar-refractivity contribution in [1.82, 2.24) is 20.2 Å². The van der Waals surface area contributed by atoms with Crippen LogP contribution in [0.3, 0.4) is 0 Å². The zero-order valence-electron chi connectivity index (χ0n) is 9.20. The van der Waals surface area contributed by atoms with E-state index < -0.39 is 0 Å². The van der Waals surface area contributed by atoms with Crippen LogP contribution in [0.2, 0.25) is 0 Å². The van der Waals surface area contributed by atoms with Crippen molar-refractivity contribution in [3.05, 3.63) is 17.7 Å². The average molecular weight is 220 g/mol. The molecule has 0 spiro atoms. The summed E-state index contributed by atoms with van der Waals surface area (Å²) in [4.78, 5) is 16.2. The molecule has 86 valence electrons. The van der Waals surface area contributed by atoms with Crippen molar-refractivity contribution in [3.8, 4) is 0 Å². The third-order valence-electron chi connectivity index (χ3n) is 3.06. The third kappa shape index (κ3) is 1.95. The predicted octanol–water partition coefficient (Wildman–Crippen LogP) is -0.0790. The molecule has 1 amide bonds. The van der Waals surface area contributed by atoms with Crippen LogP contribution in [0.25, 0.3) is 0 Å². The highest BCUT2D eigenvalue weighted by molar-refractivity contribution is 5.92. The molecule has 2 aliphatic rings. The van der Waals surface area contributed by atoms with Gasteiger partial charge >= 0.3 is 0 Å². The first-order valence-corrected chi connectivity index (χ1v) is 5.90. The molecule has 16 heavy (non-hydrogen) atoms. The van der Waals surface area contributed by atoms with Gasteiger partial charge in [0.05, 0.1) is 0 Å². The summed E-state index contributed by atoms with van der Waals surface area (Å²) in [6, 6.07) is 0.399. The second-order valence-corrected chi connectivity index (χ2v) is 4.48. The Labute approximate surface area is 94.2 Å². The predicted molar refractivity (Wildman–Crippen MR) is 59.3 cm³/mol. The monoisotopic (exact) mass is 220 g/mol. The quantitative estimate of drug-likeness (QED) is 0.733. The summed E-state index contributed by atoms with van der Waals surface area (Å²) in [5.74, 6) is 1.00. The van der Waals surface area contributed by atoms with E-state index in [1.807, 2.05) is 6.20 Å². The van der Waals surface area contributed by atoms with Gasteiger partial charge in [-0.25, -0.2) is 4.98 Å². The molecule has 1 aromatic heterocycles. The molecule has 5 heteroatoms. The summed E-state index contributed by atoms with van der Waals surface area (Å²) in [6.07, 6.45) is 5.00. The van der Waals surface area contributed by atoms with Crippen molar-refractivity contribution in [3.63, 3.8) is 0 Å². The highest BCUT2D eigenvalue weighted by Crippen LogP contribution is 2.19. The Morgan fingerprint density at radius 3 is 3.19 bits per heavy atom. The molecule has 1 aromatic rings. The Hall–Kier alpha value is -1.36. The Morgan fingerprint density at radius 1 is 1.50 bits per heavy atom. The van der Waals surface area contributed by atoms with Gasteiger partial charge in [-0.15, -0.1) is 0 Å². The van der Waals surface area contributed by atoms with E-state index in [0.717, 1.165) is 44.7 Å². The Morgan fingerprint density at radius 2 is 2.38 bits per heavy atom. The van der Waals surface area contributed by atoms with Crippen LogP contribution >= 0.6 is 0 Å². The Balaban J connectivity index is 1.77. The number of carbonyl (C=O) groups is 1. The lowest BCUT2D eigenvalue weighted by Gasteiger charge is -2.00. The van der Waals surface area contributed by atoms with Crippen LogP contribution in [0.4, 0.5) is 0 Å². The maximum absolute atomic E-state index is 11.8. The van der Waals surface area contributed by atoms with Gasteiger partial charge in [0.1, 0.15) is 11.5 Å². The molecule has 0 saturated heterocycles. The molecule has 0 radical (unpaired) electrons. The minimum atomic E-state index is -0.0176. The summed E-state index contributed by atoms with van der Waals surface area (Å²) >= 11 is 0. The molecule has 1 aliphatic carbocycles. The largest absolute Gasteiger partial charge is 0.348 e. The molecule has 0 aromatic carbocycles. The second kappa shape index (κ2) is 3.90. The first-order valence-electron chi connectivity index (χ1n) is 5.90. The number of nitrogens with zero attached hydrogens (tertiary/aromatic N) is 2. The first kappa shape index (κ1) is 9.84. The van der Waals surface area contributed by atoms with Gasteiger partial charge in [0, 0.05) is 38.3 Å². The molecule has 2 heterocycles. The zero-order chi connectivity index (χ0) is 11.0. The number of fused-ring (bicyclic) bond motifs is 1. The summed E-state index contributed by atoms with van der Waals surface area (Å²) < 4.78 is 2.09. The number of aromatic nitrogens is 2. The SMILES string of the molecule is O=C(NC1CC1)c1cn2c(n1)CCNCC2. The molecule has 3 rings (SSSR count). The normalized spacial score (nSPS) is 20.0. The highest BCUT2D eigenvalue weighted by Gasteiger charge is 2.25. The van der Waals surface area contributed by atoms with Crippen molar-refractivity contribution in [1.29, 1.82) is 0 Å². The van der Waals surface area contributed by atoms with Gasteiger partial charge in [-0.05, 0) is 12.8 Å². The maximum atomic E-state index is 11.8. The van der Waals surface area contributed by atoms with Gasteiger partial charge in [-0.1, -0.05) is 0 Å². The van der Waals surface area contributed by atoms with E-state index in [-0.39, 0.29) is 5.91 Å². The van der Waals surface area contributed by atoms with Gasteiger partial charge in [-0.2, -0.15) is 0 Å². The zero-order valence-corrected chi connectivity index (χ0v) is 9.20. The maximum Gasteiger partial charge on any atom is 0.271 e. The Kier molecular flexibility index (Phi) is 2.40. The van der Waals surface area contributed by atoms with E-state index in [0.29, 0.717) is 11.7 Å². The van der Waals surface area contributed by atoms with Crippen molar-refractivity contribution < 1.29 is 4.79 Å². The molecule has 1 aliphatic heterocycles. The smallest absolute Gasteiger partial charge is 0.271 e. The number of rotatable bonds is 2. The number of nitrogens with one attached hydrogen (secondary N) is 2. The van der Waals surface area contributed by atoms with Crippen LogP contribution < -0.4 is 10.6 Å². The fourth-order valence-electron chi connectivity index (χ4n) is 1.97. The lowest BCUT2D eigenvalue weighted by atomic mass is 10.4. The molecule has 0 bridgehead atoms. The van der Waals surface area contributed by atoms with Gasteiger partial charge in [0.2, 0.25) is 0 Å². The van der Waals surface area contributed by atoms with Gasteiger partial charge < -0.3 is 15.2 Å². The fourth-order valence-corrected chi connectivity index (χ4v) is 1.97. The van der Waals surface area contributed by atoms with Gasteiger partial charge in [0.25, 0.3) is 5.91 Å². The first-order chi connectivity index (χ1) is 7.83. The minimum Gasteiger partial charge on any atom is -0.348 e. The molecular formula is C11H16N4O. The molecule has 1 saturated carbocycles. The van der Waals surface area contributed by atoms with E-state index >= 15 is 0 Å². The molecule has 1 fully saturated rings. The number of imidazole rings is 1. The van der Waals surface area contributed by atoms with Gasteiger partial charge in [-0.3, -0.25) is 4.79 Å². The fraction of sp³-hybridized carbons (Fsp3) is 0.636. The van der Waals surface area contributed by atoms with Gasteiger partial charge in [0.15, 0.2) is 0 Å². The van der Waals surface area contributed by atoms with Crippen LogP contribution in [-0.4, -0.2) is 34.6 Å². The van der Waals surface area contributed by atoms with Crippen LogP contribution in [0.15, 0.2) is 6.20 Å². The van der Waals surface area contributed by atoms with Crippen molar-refractivity contribution in [2.75, 3.05) is 13.1 Å². The molecule has 2 N–H and O–H groups in total. The van der Waals surface area contributed by atoms with E-state index in [4.69, 9.17) is 0 Å². The third-order valence-corrected chi connectivity index (χ3v) is 3.06. The highest BCUT2D eigenvalue weighted by atomic mass is 16.2. The Bertz CT molecular complexity index is 385. The molecule has 0 unspecified atom stereocenters. The lowest BCUT2D eigenvalue weighted by molar-refractivity contribution is 0.0946. The van der Waals surface area contributed by atoms with E-state index in [9.17, 15) is 4.79 Å². The van der Waals surface area contributed by atoms with E-state index in [1.54, 1.807) is 0 Å². The van der Waals surface area contributed by atoms with Crippen LogP contribution in [0.5, 0.6) is 0 Å². The summed E-state index contributed by atoms with van der Waals surface area (Å²) in [5, 5.41) is 6.27. The van der Waals surface area contributed by atoms with Crippen LogP contribution in [0, 0.1) is 0 Å². The number of amides is 1.